The highest BCUT2D eigenvalue weighted by molar-refractivity contribution is 7.18. The maximum atomic E-state index is 13.3. The standard InChI is InChI=1S/C19H18N2O3S/c1-11-20-17-15(13-9-5-6-10-14(13)25-17)18(22)21(11)16(19(23)24)12-7-3-2-4-8-12/h2-4,7-8,16H,5-6,9-10H2,1H3,(H,23,24). The Morgan fingerprint density at radius 3 is 2.68 bits per heavy atom. The fourth-order valence-electron chi connectivity index (χ4n) is 3.66. The number of fused-ring (bicyclic) bond motifs is 3. The number of nitrogens with zero attached hydrogens (tertiary/aromatic N) is 2. The molecule has 0 aliphatic heterocycles. The number of carboxylic acid groups (broad SMARTS) is 1. The van der Waals surface area contributed by atoms with E-state index in [1.54, 1.807) is 42.5 Å². The molecule has 0 fully saturated rings. The first-order valence-corrected chi connectivity index (χ1v) is 9.20. The number of hydrogen-bond acceptors (Lipinski definition) is 4. The Morgan fingerprint density at radius 1 is 1.24 bits per heavy atom. The predicted molar refractivity (Wildman–Crippen MR) is 97.5 cm³/mol. The summed E-state index contributed by atoms with van der Waals surface area (Å²) in [7, 11) is 0. The molecule has 2 heterocycles. The lowest BCUT2D eigenvalue weighted by molar-refractivity contribution is -0.139. The smallest absolute Gasteiger partial charge is 0.331 e. The molecule has 4 rings (SSSR count). The average Bonchev–Trinajstić information content (AvgIpc) is 2.97. The number of aryl methyl sites for hydroxylation is 3. The topological polar surface area (TPSA) is 72.2 Å². The van der Waals surface area contributed by atoms with Crippen molar-refractivity contribution in [2.75, 3.05) is 0 Å². The second-order valence-electron chi connectivity index (χ2n) is 6.38. The molecule has 25 heavy (non-hydrogen) atoms. The van der Waals surface area contributed by atoms with E-state index in [2.05, 4.69) is 4.98 Å². The summed E-state index contributed by atoms with van der Waals surface area (Å²) in [4.78, 5) is 31.8. The van der Waals surface area contributed by atoms with Crippen molar-refractivity contribution in [3.05, 3.63) is 62.5 Å². The summed E-state index contributed by atoms with van der Waals surface area (Å²) in [6.07, 6.45) is 4.05. The van der Waals surface area contributed by atoms with Crippen LogP contribution >= 0.6 is 11.3 Å². The number of carbonyl (C=O) groups is 1. The summed E-state index contributed by atoms with van der Waals surface area (Å²) < 4.78 is 1.33. The summed E-state index contributed by atoms with van der Waals surface area (Å²) in [5, 5.41) is 10.4. The van der Waals surface area contributed by atoms with Gasteiger partial charge in [0.2, 0.25) is 0 Å². The molecule has 1 unspecified atom stereocenters. The van der Waals surface area contributed by atoms with E-state index in [-0.39, 0.29) is 5.56 Å². The Kier molecular flexibility index (Phi) is 3.92. The van der Waals surface area contributed by atoms with Crippen LogP contribution in [-0.2, 0) is 17.6 Å². The van der Waals surface area contributed by atoms with E-state index in [9.17, 15) is 14.7 Å². The van der Waals surface area contributed by atoms with E-state index in [1.807, 2.05) is 6.07 Å². The van der Waals surface area contributed by atoms with Crippen LogP contribution in [0, 0.1) is 6.92 Å². The van der Waals surface area contributed by atoms with E-state index < -0.39 is 12.0 Å². The van der Waals surface area contributed by atoms with Gasteiger partial charge in [0.1, 0.15) is 10.7 Å². The summed E-state index contributed by atoms with van der Waals surface area (Å²) in [5.41, 5.74) is 1.42. The molecule has 0 saturated heterocycles. The van der Waals surface area contributed by atoms with Gasteiger partial charge in [-0.15, -0.1) is 11.3 Å². The van der Waals surface area contributed by atoms with E-state index in [4.69, 9.17) is 0 Å². The molecule has 128 valence electrons. The first-order chi connectivity index (χ1) is 12.1. The lowest BCUT2D eigenvalue weighted by atomic mass is 9.97. The molecule has 1 aliphatic carbocycles. The van der Waals surface area contributed by atoms with Crippen LogP contribution in [0.15, 0.2) is 35.1 Å². The van der Waals surface area contributed by atoms with E-state index in [1.165, 1.54) is 9.44 Å². The van der Waals surface area contributed by atoms with Crippen LogP contribution in [0.4, 0.5) is 0 Å². The Bertz CT molecular complexity index is 1020. The van der Waals surface area contributed by atoms with E-state index >= 15 is 0 Å². The predicted octanol–water partition coefficient (Wildman–Crippen LogP) is 3.32. The molecule has 5 nitrogen and oxygen atoms in total. The number of hydrogen-bond donors (Lipinski definition) is 1. The zero-order valence-electron chi connectivity index (χ0n) is 13.9. The lowest BCUT2D eigenvalue weighted by Gasteiger charge is -2.18. The third-order valence-electron chi connectivity index (χ3n) is 4.80. The minimum Gasteiger partial charge on any atom is -0.479 e. The number of rotatable bonds is 3. The lowest BCUT2D eigenvalue weighted by Crippen LogP contribution is -2.33. The van der Waals surface area contributed by atoms with Crippen LogP contribution in [0.5, 0.6) is 0 Å². The molecule has 1 aromatic carbocycles. The fourth-order valence-corrected chi connectivity index (χ4v) is 4.96. The number of aliphatic carboxylic acids is 1. The summed E-state index contributed by atoms with van der Waals surface area (Å²) in [6.45, 7) is 1.71. The van der Waals surface area contributed by atoms with Gasteiger partial charge >= 0.3 is 5.97 Å². The van der Waals surface area contributed by atoms with Crippen molar-refractivity contribution < 1.29 is 9.90 Å². The molecule has 0 spiro atoms. The van der Waals surface area contributed by atoms with Gasteiger partial charge in [-0.1, -0.05) is 30.3 Å². The maximum absolute atomic E-state index is 13.3. The highest BCUT2D eigenvalue weighted by Crippen LogP contribution is 2.34. The minimum absolute atomic E-state index is 0.238. The number of thiophene rings is 1. The van der Waals surface area contributed by atoms with Gasteiger partial charge in [0.25, 0.3) is 5.56 Å². The van der Waals surface area contributed by atoms with Crippen molar-refractivity contribution in [1.29, 1.82) is 0 Å². The Hall–Kier alpha value is -2.47. The maximum Gasteiger partial charge on any atom is 0.331 e. The Morgan fingerprint density at radius 2 is 1.96 bits per heavy atom. The Labute approximate surface area is 148 Å². The monoisotopic (exact) mass is 354 g/mol. The zero-order chi connectivity index (χ0) is 17.6. The van der Waals surface area contributed by atoms with Crippen molar-refractivity contribution in [3.8, 4) is 0 Å². The van der Waals surface area contributed by atoms with Crippen LogP contribution in [0.3, 0.4) is 0 Å². The molecule has 0 amide bonds. The van der Waals surface area contributed by atoms with Gasteiger partial charge in [0.15, 0.2) is 6.04 Å². The average molecular weight is 354 g/mol. The zero-order valence-corrected chi connectivity index (χ0v) is 14.7. The molecule has 1 atom stereocenters. The molecular weight excluding hydrogens is 336 g/mol. The van der Waals surface area contributed by atoms with Gasteiger partial charge in [-0.2, -0.15) is 0 Å². The molecule has 0 saturated carbocycles. The molecule has 1 N–H and O–H groups in total. The van der Waals surface area contributed by atoms with Crippen LogP contribution in [0.2, 0.25) is 0 Å². The second kappa shape index (κ2) is 6.11. The SMILES string of the molecule is Cc1nc2sc3c(c2c(=O)n1C(C(=O)O)c1ccccc1)CCCC3. The van der Waals surface area contributed by atoms with Crippen LogP contribution in [0.25, 0.3) is 10.2 Å². The highest BCUT2D eigenvalue weighted by Gasteiger charge is 2.28. The molecule has 3 aromatic rings. The summed E-state index contributed by atoms with van der Waals surface area (Å²) >= 11 is 1.58. The molecule has 1 aliphatic rings. The molecule has 0 bridgehead atoms. The Balaban J connectivity index is 2.01. The van der Waals surface area contributed by atoms with Gasteiger partial charge in [-0.25, -0.2) is 9.78 Å². The van der Waals surface area contributed by atoms with Gasteiger partial charge < -0.3 is 5.11 Å². The largest absolute Gasteiger partial charge is 0.479 e. The van der Waals surface area contributed by atoms with Crippen LogP contribution in [0.1, 0.15) is 40.7 Å². The fraction of sp³-hybridized carbons (Fsp3) is 0.316. The molecule has 0 radical (unpaired) electrons. The van der Waals surface area contributed by atoms with Crippen molar-refractivity contribution in [2.24, 2.45) is 0 Å². The number of aromatic nitrogens is 2. The van der Waals surface area contributed by atoms with Crippen molar-refractivity contribution in [2.45, 2.75) is 38.6 Å². The molecule has 6 heteroatoms. The van der Waals surface area contributed by atoms with E-state index in [0.29, 0.717) is 16.8 Å². The van der Waals surface area contributed by atoms with Crippen molar-refractivity contribution in [3.63, 3.8) is 0 Å². The van der Waals surface area contributed by atoms with Gasteiger partial charge in [-0.05, 0) is 43.7 Å². The van der Waals surface area contributed by atoms with Crippen molar-refractivity contribution >= 4 is 27.5 Å². The van der Waals surface area contributed by atoms with E-state index in [0.717, 1.165) is 36.1 Å². The number of carboxylic acids is 1. The molecular formula is C19H18N2O3S. The highest BCUT2D eigenvalue weighted by atomic mass is 32.1. The quantitative estimate of drug-likeness (QED) is 0.783. The summed E-state index contributed by atoms with van der Waals surface area (Å²) in [6, 6.07) is 7.79. The van der Waals surface area contributed by atoms with Gasteiger partial charge in [0.05, 0.1) is 5.39 Å². The minimum atomic E-state index is -1.07. The van der Waals surface area contributed by atoms with Gasteiger partial charge in [-0.3, -0.25) is 9.36 Å². The van der Waals surface area contributed by atoms with Crippen molar-refractivity contribution in [1.82, 2.24) is 9.55 Å². The summed E-state index contributed by atoms with van der Waals surface area (Å²) in [5.74, 6) is -0.617. The molecule has 2 aromatic heterocycles. The first kappa shape index (κ1) is 16.0. The third kappa shape index (κ3) is 2.57. The van der Waals surface area contributed by atoms with Gasteiger partial charge in [0, 0.05) is 4.88 Å². The normalized spacial score (nSPS) is 15.1. The third-order valence-corrected chi connectivity index (χ3v) is 5.99. The first-order valence-electron chi connectivity index (χ1n) is 8.39. The van der Waals surface area contributed by atoms with Crippen LogP contribution < -0.4 is 5.56 Å². The van der Waals surface area contributed by atoms with Crippen LogP contribution in [-0.4, -0.2) is 20.6 Å². The second-order valence-corrected chi connectivity index (χ2v) is 7.46. The number of benzene rings is 1.